The quantitative estimate of drug-likeness (QED) is 0.479. The molecule has 2 amide bonds. The Morgan fingerprint density at radius 3 is 2.37 bits per heavy atom. The molecule has 0 aliphatic carbocycles. The summed E-state index contributed by atoms with van der Waals surface area (Å²) in [5.41, 5.74) is 1.41. The molecule has 1 saturated heterocycles. The van der Waals surface area contributed by atoms with Gasteiger partial charge in [-0.1, -0.05) is 36.4 Å². The second-order valence-electron chi connectivity index (χ2n) is 8.11. The first kappa shape index (κ1) is 24.1. The maximum absolute atomic E-state index is 13.5. The third-order valence-electron chi connectivity index (χ3n) is 5.83. The SMILES string of the molecule is COCCCOc1cccc(-n2c(-c3ccccc3)c(C(=O)N3CCN(C(=O)O)CC3)[nH]c2=O)c1. The van der Waals surface area contributed by atoms with Crippen molar-refractivity contribution in [2.75, 3.05) is 46.5 Å². The molecule has 35 heavy (non-hydrogen) atoms. The van der Waals surface area contributed by atoms with E-state index in [1.54, 1.807) is 30.2 Å². The molecular formula is C25H28N4O6. The average molecular weight is 481 g/mol. The Kier molecular flexibility index (Phi) is 7.51. The van der Waals surface area contributed by atoms with Crippen LogP contribution in [0.1, 0.15) is 16.9 Å². The fourth-order valence-corrected chi connectivity index (χ4v) is 4.07. The molecule has 2 N–H and O–H groups in total. The van der Waals surface area contributed by atoms with Crippen LogP contribution >= 0.6 is 0 Å². The van der Waals surface area contributed by atoms with E-state index >= 15 is 0 Å². The third-order valence-corrected chi connectivity index (χ3v) is 5.83. The second kappa shape index (κ2) is 10.9. The Hall–Kier alpha value is -4.05. The molecule has 1 fully saturated rings. The van der Waals surface area contributed by atoms with E-state index in [0.717, 1.165) is 6.42 Å². The number of nitrogens with zero attached hydrogens (tertiary/aromatic N) is 3. The zero-order valence-electron chi connectivity index (χ0n) is 19.5. The van der Waals surface area contributed by atoms with Crippen molar-refractivity contribution in [1.29, 1.82) is 0 Å². The Morgan fingerprint density at radius 2 is 1.69 bits per heavy atom. The van der Waals surface area contributed by atoms with Crippen molar-refractivity contribution in [3.8, 4) is 22.7 Å². The highest BCUT2D eigenvalue weighted by atomic mass is 16.5. The first-order chi connectivity index (χ1) is 17.0. The normalized spacial score (nSPS) is 13.6. The van der Waals surface area contributed by atoms with Gasteiger partial charge in [-0.15, -0.1) is 0 Å². The molecule has 10 heteroatoms. The molecule has 0 saturated carbocycles. The van der Waals surface area contributed by atoms with Crippen molar-refractivity contribution in [3.05, 3.63) is 70.8 Å². The zero-order chi connectivity index (χ0) is 24.8. The largest absolute Gasteiger partial charge is 0.493 e. The highest BCUT2D eigenvalue weighted by Crippen LogP contribution is 2.27. The van der Waals surface area contributed by atoms with Crippen molar-refractivity contribution in [2.45, 2.75) is 6.42 Å². The predicted molar refractivity (Wildman–Crippen MR) is 129 cm³/mol. The van der Waals surface area contributed by atoms with Gasteiger partial charge in [0.1, 0.15) is 11.4 Å². The minimum absolute atomic E-state index is 0.163. The summed E-state index contributed by atoms with van der Waals surface area (Å²) in [6.45, 7) is 1.98. The maximum Gasteiger partial charge on any atom is 0.407 e. The summed E-state index contributed by atoms with van der Waals surface area (Å²) in [4.78, 5) is 43.5. The summed E-state index contributed by atoms with van der Waals surface area (Å²) in [6.07, 6.45) is -0.278. The van der Waals surface area contributed by atoms with Gasteiger partial charge in [0.2, 0.25) is 0 Å². The van der Waals surface area contributed by atoms with Gasteiger partial charge in [0.15, 0.2) is 0 Å². The number of nitrogens with one attached hydrogen (secondary N) is 1. The summed E-state index contributed by atoms with van der Waals surface area (Å²) in [5, 5.41) is 9.20. The third kappa shape index (κ3) is 5.38. The monoisotopic (exact) mass is 480 g/mol. The van der Waals surface area contributed by atoms with Crippen LogP contribution in [-0.2, 0) is 4.74 Å². The minimum Gasteiger partial charge on any atom is -0.493 e. The highest BCUT2D eigenvalue weighted by Gasteiger charge is 2.29. The molecule has 10 nitrogen and oxygen atoms in total. The Bertz CT molecular complexity index is 1230. The number of carbonyl (C=O) groups excluding carboxylic acids is 1. The summed E-state index contributed by atoms with van der Waals surface area (Å²) in [5.74, 6) is 0.250. The van der Waals surface area contributed by atoms with Crippen LogP contribution in [0.3, 0.4) is 0 Å². The number of benzene rings is 2. The van der Waals surface area contributed by atoms with Gasteiger partial charge in [-0.3, -0.25) is 9.36 Å². The summed E-state index contributed by atoms with van der Waals surface area (Å²) >= 11 is 0. The van der Waals surface area contributed by atoms with Crippen molar-refractivity contribution >= 4 is 12.0 Å². The maximum atomic E-state index is 13.5. The number of methoxy groups -OCH3 is 1. The van der Waals surface area contributed by atoms with Crippen molar-refractivity contribution in [2.24, 2.45) is 0 Å². The number of imidazole rings is 1. The van der Waals surface area contributed by atoms with Gasteiger partial charge < -0.3 is 29.4 Å². The number of aromatic nitrogens is 2. The van der Waals surface area contributed by atoms with E-state index in [9.17, 15) is 19.5 Å². The molecule has 1 aliphatic rings. The lowest BCUT2D eigenvalue weighted by atomic mass is 10.1. The number of amides is 2. The van der Waals surface area contributed by atoms with Gasteiger partial charge in [-0.2, -0.15) is 0 Å². The zero-order valence-corrected chi connectivity index (χ0v) is 19.5. The molecule has 0 spiro atoms. The first-order valence-electron chi connectivity index (χ1n) is 11.4. The van der Waals surface area contributed by atoms with Gasteiger partial charge in [-0.25, -0.2) is 9.59 Å². The van der Waals surface area contributed by atoms with Gasteiger partial charge in [0.05, 0.1) is 18.0 Å². The fourth-order valence-electron chi connectivity index (χ4n) is 4.07. The number of rotatable bonds is 8. The van der Waals surface area contributed by atoms with Crippen LogP contribution in [-0.4, -0.2) is 83.0 Å². The fraction of sp³-hybridized carbons (Fsp3) is 0.320. The van der Waals surface area contributed by atoms with Crippen LogP contribution in [0.2, 0.25) is 0 Å². The van der Waals surface area contributed by atoms with Crippen molar-refractivity contribution < 1.29 is 24.2 Å². The lowest BCUT2D eigenvalue weighted by Crippen LogP contribution is -2.50. The predicted octanol–water partition coefficient (Wildman–Crippen LogP) is 2.68. The van der Waals surface area contributed by atoms with Gasteiger partial charge in [-0.05, 0) is 12.1 Å². The first-order valence-corrected chi connectivity index (χ1v) is 11.4. The van der Waals surface area contributed by atoms with Crippen LogP contribution < -0.4 is 10.4 Å². The minimum atomic E-state index is -1.01. The molecule has 184 valence electrons. The number of hydrogen-bond acceptors (Lipinski definition) is 5. The molecule has 0 unspecified atom stereocenters. The average Bonchev–Trinajstić information content (AvgIpc) is 3.24. The van der Waals surface area contributed by atoms with E-state index in [2.05, 4.69) is 4.98 Å². The lowest BCUT2D eigenvalue weighted by molar-refractivity contribution is 0.0620. The van der Waals surface area contributed by atoms with E-state index < -0.39 is 11.8 Å². The molecule has 0 atom stereocenters. The highest BCUT2D eigenvalue weighted by molar-refractivity contribution is 5.98. The number of carbonyl (C=O) groups is 2. The van der Waals surface area contributed by atoms with Gasteiger partial charge in [0.25, 0.3) is 5.91 Å². The molecule has 0 bridgehead atoms. The summed E-state index contributed by atoms with van der Waals surface area (Å²) in [6, 6.07) is 16.4. The second-order valence-corrected chi connectivity index (χ2v) is 8.11. The van der Waals surface area contributed by atoms with Crippen molar-refractivity contribution in [3.63, 3.8) is 0 Å². The molecule has 4 rings (SSSR count). The molecule has 0 radical (unpaired) electrons. The number of piperazine rings is 1. The van der Waals surface area contributed by atoms with Crippen LogP contribution in [0, 0.1) is 0 Å². The summed E-state index contributed by atoms with van der Waals surface area (Å²) < 4.78 is 12.3. The van der Waals surface area contributed by atoms with E-state index in [0.29, 0.717) is 35.9 Å². The van der Waals surface area contributed by atoms with Gasteiger partial charge in [0, 0.05) is 57.9 Å². The van der Waals surface area contributed by atoms with Crippen LogP contribution in [0.15, 0.2) is 59.4 Å². The smallest absolute Gasteiger partial charge is 0.407 e. The van der Waals surface area contributed by atoms with Gasteiger partial charge >= 0.3 is 11.8 Å². The Balaban J connectivity index is 1.70. The Labute approximate surface area is 202 Å². The Morgan fingerprint density at radius 1 is 0.971 bits per heavy atom. The van der Waals surface area contributed by atoms with E-state index in [-0.39, 0.29) is 37.8 Å². The molecule has 1 aliphatic heterocycles. The number of carboxylic acid groups (broad SMARTS) is 1. The molecule has 1 aromatic heterocycles. The number of H-pyrrole nitrogens is 1. The number of aromatic amines is 1. The number of ether oxygens (including phenoxy) is 2. The van der Waals surface area contributed by atoms with E-state index in [1.165, 1.54) is 9.47 Å². The molecule has 2 aromatic carbocycles. The number of hydrogen-bond donors (Lipinski definition) is 2. The standard InChI is InChI=1S/C25H28N4O6/c1-34-15-6-16-35-20-10-5-9-19(17-20)29-22(18-7-3-2-4-8-18)21(26-24(29)31)23(30)27-11-13-28(14-12-27)25(32)33/h2-5,7-10,17H,6,11-16H2,1H3,(H,26,31)(H,32,33). The van der Waals surface area contributed by atoms with E-state index in [4.69, 9.17) is 9.47 Å². The van der Waals surface area contributed by atoms with Crippen LogP contribution in [0.4, 0.5) is 4.79 Å². The molecule has 2 heterocycles. The summed E-state index contributed by atoms with van der Waals surface area (Å²) in [7, 11) is 1.63. The topological polar surface area (TPSA) is 117 Å². The molecule has 3 aromatic rings. The molecular weight excluding hydrogens is 452 g/mol. The van der Waals surface area contributed by atoms with Crippen molar-refractivity contribution in [1.82, 2.24) is 19.4 Å². The van der Waals surface area contributed by atoms with E-state index in [1.807, 2.05) is 36.4 Å². The van der Waals surface area contributed by atoms with Crippen LogP contribution in [0.25, 0.3) is 16.9 Å². The lowest BCUT2D eigenvalue weighted by Gasteiger charge is -2.33. The van der Waals surface area contributed by atoms with Crippen LogP contribution in [0.5, 0.6) is 5.75 Å².